The van der Waals surface area contributed by atoms with Gasteiger partial charge in [-0.15, -0.1) is 0 Å². The van der Waals surface area contributed by atoms with Gasteiger partial charge in [-0.3, -0.25) is 4.79 Å². The highest BCUT2D eigenvalue weighted by atomic mass is 16.5. The van der Waals surface area contributed by atoms with Gasteiger partial charge in [0.25, 0.3) is 0 Å². The molecule has 0 aromatic heterocycles. The third-order valence-electron chi connectivity index (χ3n) is 3.40. The molecule has 1 aliphatic rings. The first-order valence-corrected chi connectivity index (χ1v) is 7.07. The van der Waals surface area contributed by atoms with E-state index in [2.05, 4.69) is 0 Å². The van der Waals surface area contributed by atoms with Crippen molar-refractivity contribution in [3.05, 3.63) is 35.9 Å². The number of hydrogen-bond donors (Lipinski definition) is 1. The average molecular weight is 275 g/mol. The van der Waals surface area contributed by atoms with Gasteiger partial charge in [0.15, 0.2) is 0 Å². The number of benzene rings is 1. The molecular weight excluding hydrogens is 254 g/mol. The van der Waals surface area contributed by atoms with Crippen LogP contribution in [0, 0.1) is 0 Å². The minimum absolute atomic E-state index is 0.0109. The standard InChI is InChI=1S/C16H21NO3/c1-2-20-15-6-4-3-5-13(15)7-8-16(19)17-11-9-14(18)10-12-17/h3-8,14,18H,2,9-12H2,1H3. The van der Waals surface area contributed by atoms with E-state index in [1.54, 1.807) is 17.1 Å². The van der Waals surface area contributed by atoms with Gasteiger partial charge in [0.2, 0.25) is 5.91 Å². The number of aliphatic hydroxyl groups excluding tert-OH is 1. The molecule has 0 atom stereocenters. The lowest BCUT2D eigenvalue weighted by atomic mass is 10.1. The van der Waals surface area contributed by atoms with Gasteiger partial charge in [-0.05, 0) is 31.9 Å². The van der Waals surface area contributed by atoms with Gasteiger partial charge < -0.3 is 14.7 Å². The van der Waals surface area contributed by atoms with E-state index in [1.165, 1.54) is 0 Å². The van der Waals surface area contributed by atoms with Crippen LogP contribution in [0.2, 0.25) is 0 Å². The molecule has 0 aliphatic carbocycles. The summed E-state index contributed by atoms with van der Waals surface area (Å²) in [6.07, 6.45) is 4.43. The Hall–Kier alpha value is -1.81. The highest BCUT2D eigenvalue weighted by Crippen LogP contribution is 2.19. The van der Waals surface area contributed by atoms with Crippen molar-refractivity contribution in [1.82, 2.24) is 4.90 Å². The normalized spacial score (nSPS) is 16.6. The van der Waals surface area contributed by atoms with Crippen molar-refractivity contribution in [2.75, 3.05) is 19.7 Å². The van der Waals surface area contributed by atoms with Gasteiger partial charge in [-0.2, -0.15) is 0 Å². The van der Waals surface area contributed by atoms with E-state index < -0.39 is 0 Å². The molecule has 1 aliphatic heterocycles. The molecule has 1 fully saturated rings. The lowest BCUT2D eigenvalue weighted by molar-refractivity contribution is -0.127. The molecule has 1 aromatic rings. The summed E-state index contributed by atoms with van der Waals surface area (Å²) in [5, 5.41) is 9.44. The molecule has 1 saturated heterocycles. The van der Waals surface area contributed by atoms with E-state index >= 15 is 0 Å². The van der Waals surface area contributed by atoms with E-state index in [9.17, 15) is 9.90 Å². The monoisotopic (exact) mass is 275 g/mol. The second kappa shape index (κ2) is 7.10. The first-order chi connectivity index (χ1) is 9.70. The van der Waals surface area contributed by atoms with Crippen molar-refractivity contribution >= 4 is 12.0 Å². The number of hydrogen-bond acceptors (Lipinski definition) is 3. The fourth-order valence-corrected chi connectivity index (χ4v) is 2.26. The van der Waals surface area contributed by atoms with Crippen LogP contribution in [0.5, 0.6) is 5.75 Å². The van der Waals surface area contributed by atoms with Crippen molar-refractivity contribution < 1.29 is 14.6 Å². The van der Waals surface area contributed by atoms with Crippen LogP contribution in [-0.2, 0) is 4.79 Å². The maximum Gasteiger partial charge on any atom is 0.246 e. The molecule has 0 radical (unpaired) electrons. The van der Waals surface area contributed by atoms with Crippen molar-refractivity contribution in [1.29, 1.82) is 0 Å². The lowest BCUT2D eigenvalue weighted by Gasteiger charge is -2.28. The van der Waals surface area contributed by atoms with Crippen LogP contribution in [0.3, 0.4) is 0 Å². The maximum atomic E-state index is 12.1. The molecule has 2 rings (SSSR count). The van der Waals surface area contributed by atoms with Gasteiger partial charge in [-0.25, -0.2) is 0 Å². The average Bonchev–Trinajstić information content (AvgIpc) is 2.47. The van der Waals surface area contributed by atoms with Crippen molar-refractivity contribution in [3.8, 4) is 5.75 Å². The summed E-state index contributed by atoms with van der Waals surface area (Å²) in [4.78, 5) is 13.8. The van der Waals surface area contributed by atoms with E-state index in [4.69, 9.17) is 4.74 Å². The topological polar surface area (TPSA) is 49.8 Å². The Morgan fingerprint density at radius 1 is 1.40 bits per heavy atom. The molecule has 1 aromatic carbocycles. The highest BCUT2D eigenvalue weighted by molar-refractivity contribution is 5.92. The zero-order chi connectivity index (χ0) is 14.4. The number of ether oxygens (including phenoxy) is 1. The van der Waals surface area contributed by atoms with Gasteiger partial charge in [0.1, 0.15) is 5.75 Å². The van der Waals surface area contributed by atoms with Crippen LogP contribution in [0.4, 0.5) is 0 Å². The van der Waals surface area contributed by atoms with Crippen LogP contribution in [0.15, 0.2) is 30.3 Å². The number of para-hydroxylation sites is 1. The molecule has 0 saturated carbocycles. The number of piperidine rings is 1. The number of nitrogens with zero attached hydrogens (tertiary/aromatic N) is 1. The fourth-order valence-electron chi connectivity index (χ4n) is 2.26. The summed E-state index contributed by atoms with van der Waals surface area (Å²) < 4.78 is 5.52. The van der Waals surface area contributed by atoms with Crippen molar-refractivity contribution in [3.63, 3.8) is 0 Å². The van der Waals surface area contributed by atoms with Crippen LogP contribution in [-0.4, -0.2) is 41.7 Å². The summed E-state index contributed by atoms with van der Waals surface area (Å²) in [5.41, 5.74) is 0.903. The number of amides is 1. The summed E-state index contributed by atoms with van der Waals surface area (Å²) in [6, 6.07) is 7.65. The Labute approximate surface area is 119 Å². The number of carbonyl (C=O) groups excluding carboxylic acids is 1. The third kappa shape index (κ3) is 3.84. The maximum absolute atomic E-state index is 12.1. The van der Waals surface area contributed by atoms with Crippen LogP contribution >= 0.6 is 0 Å². The summed E-state index contributed by atoms with van der Waals surface area (Å²) in [5.74, 6) is 0.774. The molecule has 1 heterocycles. The molecule has 4 nitrogen and oxygen atoms in total. The molecule has 108 valence electrons. The first kappa shape index (κ1) is 14.6. The summed E-state index contributed by atoms with van der Waals surface area (Å²) in [6.45, 7) is 3.78. The van der Waals surface area contributed by atoms with Crippen LogP contribution in [0.25, 0.3) is 6.08 Å². The van der Waals surface area contributed by atoms with E-state index in [0.717, 1.165) is 11.3 Å². The molecule has 1 amide bonds. The van der Waals surface area contributed by atoms with Crippen LogP contribution in [0.1, 0.15) is 25.3 Å². The lowest BCUT2D eigenvalue weighted by Crippen LogP contribution is -2.39. The van der Waals surface area contributed by atoms with E-state index in [0.29, 0.717) is 32.5 Å². The smallest absolute Gasteiger partial charge is 0.246 e. The van der Waals surface area contributed by atoms with Gasteiger partial charge in [-0.1, -0.05) is 18.2 Å². The van der Waals surface area contributed by atoms with E-state index in [1.807, 2.05) is 31.2 Å². The van der Waals surface area contributed by atoms with Gasteiger partial charge in [0.05, 0.1) is 12.7 Å². The third-order valence-corrected chi connectivity index (χ3v) is 3.40. The van der Waals surface area contributed by atoms with Crippen LogP contribution < -0.4 is 4.74 Å². The first-order valence-electron chi connectivity index (χ1n) is 7.07. The van der Waals surface area contributed by atoms with Gasteiger partial charge >= 0.3 is 0 Å². The molecule has 20 heavy (non-hydrogen) atoms. The number of likely N-dealkylation sites (tertiary alicyclic amines) is 1. The summed E-state index contributed by atoms with van der Waals surface area (Å²) >= 11 is 0. The second-order valence-electron chi connectivity index (χ2n) is 4.86. The SMILES string of the molecule is CCOc1ccccc1C=CC(=O)N1CCC(O)CC1. The molecule has 0 bridgehead atoms. The predicted octanol–water partition coefficient (Wildman–Crippen LogP) is 2.08. The highest BCUT2D eigenvalue weighted by Gasteiger charge is 2.19. The predicted molar refractivity (Wildman–Crippen MR) is 78.5 cm³/mol. The molecular formula is C16H21NO3. The van der Waals surface area contributed by atoms with Crippen molar-refractivity contribution in [2.45, 2.75) is 25.9 Å². The quantitative estimate of drug-likeness (QED) is 0.856. The molecule has 1 N–H and O–H groups in total. The molecule has 4 heteroatoms. The minimum atomic E-state index is -0.262. The van der Waals surface area contributed by atoms with Gasteiger partial charge in [0, 0.05) is 24.7 Å². The number of aliphatic hydroxyl groups is 1. The second-order valence-corrected chi connectivity index (χ2v) is 4.86. The largest absolute Gasteiger partial charge is 0.493 e. The Balaban J connectivity index is 2.00. The molecule has 0 spiro atoms. The Kier molecular flexibility index (Phi) is 5.18. The Morgan fingerprint density at radius 3 is 2.80 bits per heavy atom. The number of carbonyl (C=O) groups is 1. The Bertz CT molecular complexity index is 476. The number of rotatable bonds is 4. The zero-order valence-corrected chi connectivity index (χ0v) is 11.8. The van der Waals surface area contributed by atoms with E-state index in [-0.39, 0.29) is 12.0 Å². The fraction of sp³-hybridized carbons (Fsp3) is 0.438. The zero-order valence-electron chi connectivity index (χ0n) is 11.8. The van der Waals surface area contributed by atoms with Crippen molar-refractivity contribution in [2.24, 2.45) is 0 Å². The minimum Gasteiger partial charge on any atom is -0.493 e. The Morgan fingerprint density at radius 2 is 2.10 bits per heavy atom. The summed E-state index contributed by atoms with van der Waals surface area (Å²) in [7, 11) is 0. The molecule has 0 unspecified atom stereocenters.